The molecule has 1 fully saturated rings. The molecule has 0 bridgehead atoms. The van der Waals surface area contributed by atoms with Crippen molar-refractivity contribution >= 4 is 12.0 Å². The van der Waals surface area contributed by atoms with Crippen LogP contribution in [0, 0.1) is 0 Å². The number of nitrogens with zero attached hydrogens (tertiary/aromatic N) is 1. The van der Waals surface area contributed by atoms with Gasteiger partial charge in [0.05, 0.1) is 0 Å². The topological polar surface area (TPSA) is 84.7 Å². The molecule has 1 atom stereocenters. The molecule has 0 aromatic rings. The van der Waals surface area contributed by atoms with Gasteiger partial charge in [-0.1, -0.05) is 6.92 Å². The van der Waals surface area contributed by atoms with Crippen molar-refractivity contribution in [2.45, 2.75) is 38.8 Å². The minimum atomic E-state index is -1.19. The summed E-state index contributed by atoms with van der Waals surface area (Å²) in [4.78, 5) is 24.6. The van der Waals surface area contributed by atoms with Crippen LogP contribution in [-0.2, 0) is 9.53 Å². The van der Waals surface area contributed by atoms with Crippen LogP contribution >= 0.6 is 0 Å². The van der Waals surface area contributed by atoms with Gasteiger partial charge in [0, 0.05) is 25.7 Å². The summed E-state index contributed by atoms with van der Waals surface area (Å²) >= 11 is 0. The second-order valence-electron chi connectivity index (χ2n) is 4.74. The van der Waals surface area contributed by atoms with Gasteiger partial charge in [-0.2, -0.15) is 0 Å². The molecule has 1 unspecified atom stereocenters. The highest BCUT2D eigenvalue weighted by Crippen LogP contribution is 2.15. The molecule has 0 radical (unpaired) electrons. The van der Waals surface area contributed by atoms with Crippen molar-refractivity contribution in [2.24, 2.45) is 5.73 Å². The van der Waals surface area contributed by atoms with E-state index in [9.17, 15) is 9.59 Å². The fourth-order valence-corrected chi connectivity index (χ4v) is 1.96. The molecule has 1 saturated heterocycles. The molecule has 0 aromatic heterocycles. The van der Waals surface area contributed by atoms with Gasteiger partial charge >= 0.3 is 6.09 Å². The molecule has 0 spiro atoms. The molecule has 2 amide bonds. The summed E-state index contributed by atoms with van der Waals surface area (Å²) in [5.41, 5.74) is 3.76. The average molecular weight is 243 g/mol. The van der Waals surface area contributed by atoms with E-state index in [0.29, 0.717) is 19.1 Å². The summed E-state index contributed by atoms with van der Waals surface area (Å²) in [6, 6.07) is 0.303. The third-order valence-corrected chi connectivity index (χ3v) is 2.91. The van der Waals surface area contributed by atoms with E-state index in [1.54, 1.807) is 18.7 Å². The Morgan fingerprint density at radius 2 is 2.18 bits per heavy atom. The Labute approximate surface area is 101 Å². The number of piperazine rings is 1. The Kier molecular flexibility index (Phi) is 4.34. The highest BCUT2D eigenvalue weighted by atomic mass is 16.6. The Morgan fingerprint density at radius 3 is 2.71 bits per heavy atom. The van der Waals surface area contributed by atoms with Gasteiger partial charge in [0.1, 0.15) is 0 Å². The zero-order valence-corrected chi connectivity index (χ0v) is 10.7. The van der Waals surface area contributed by atoms with Crippen molar-refractivity contribution in [3.05, 3.63) is 0 Å². The SMILES string of the molecule is CCC1CN(C(=O)C(C)(C)OC(N)=O)CCN1. The molecule has 1 rings (SSSR count). The highest BCUT2D eigenvalue weighted by molar-refractivity contribution is 5.86. The lowest BCUT2D eigenvalue weighted by Crippen LogP contribution is -2.57. The Balaban J connectivity index is 2.65. The number of nitrogens with one attached hydrogen (secondary N) is 1. The van der Waals surface area contributed by atoms with Crippen molar-refractivity contribution < 1.29 is 14.3 Å². The van der Waals surface area contributed by atoms with E-state index in [1.165, 1.54) is 0 Å². The normalized spacial score (nSPS) is 21.1. The molecule has 0 saturated carbocycles. The zero-order valence-electron chi connectivity index (χ0n) is 10.7. The predicted octanol–water partition coefficient (Wildman–Crippen LogP) is 0.0707. The first kappa shape index (κ1) is 13.8. The first-order valence-electron chi connectivity index (χ1n) is 5.88. The molecule has 0 aromatic carbocycles. The van der Waals surface area contributed by atoms with E-state index in [4.69, 9.17) is 10.5 Å². The summed E-state index contributed by atoms with van der Waals surface area (Å²) in [5, 5.41) is 3.32. The number of carbonyl (C=O) groups is 2. The smallest absolute Gasteiger partial charge is 0.405 e. The van der Waals surface area contributed by atoms with Gasteiger partial charge in [0.15, 0.2) is 5.60 Å². The summed E-state index contributed by atoms with van der Waals surface area (Å²) < 4.78 is 4.85. The standard InChI is InChI=1S/C11H21N3O3/c1-4-8-7-14(6-5-13-8)9(15)11(2,3)17-10(12)16/h8,13H,4-7H2,1-3H3,(H2,12,16). The number of carbonyl (C=O) groups excluding carboxylic acids is 2. The number of primary amides is 1. The monoisotopic (exact) mass is 243 g/mol. The first-order valence-corrected chi connectivity index (χ1v) is 5.88. The third-order valence-electron chi connectivity index (χ3n) is 2.91. The van der Waals surface area contributed by atoms with E-state index in [0.717, 1.165) is 13.0 Å². The fraction of sp³-hybridized carbons (Fsp3) is 0.818. The van der Waals surface area contributed by atoms with Crippen molar-refractivity contribution in [1.82, 2.24) is 10.2 Å². The maximum Gasteiger partial charge on any atom is 0.405 e. The van der Waals surface area contributed by atoms with Gasteiger partial charge < -0.3 is 20.7 Å². The van der Waals surface area contributed by atoms with Gasteiger partial charge in [0.25, 0.3) is 5.91 Å². The molecule has 6 heteroatoms. The number of nitrogens with two attached hydrogens (primary N) is 1. The summed E-state index contributed by atoms with van der Waals surface area (Å²) in [6.07, 6.45) is 0.0338. The van der Waals surface area contributed by atoms with Crippen LogP contribution in [0.25, 0.3) is 0 Å². The van der Waals surface area contributed by atoms with Crippen LogP contribution in [0.15, 0.2) is 0 Å². The van der Waals surface area contributed by atoms with E-state index in [2.05, 4.69) is 12.2 Å². The van der Waals surface area contributed by atoms with Gasteiger partial charge in [-0.3, -0.25) is 4.79 Å². The van der Waals surface area contributed by atoms with Crippen LogP contribution in [0.1, 0.15) is 27.2 Å². The minimum absolute atomic E-state index is 0.198. The Hall–Kier alpha value is -1.30. The second-order valence-corrected chi connectivity index (χ2v) is 4.74. The van der Waals surface area contributed by atoms with Gasteiger partial charge in [0.2, 0.25) is 0 Å². The quantitative estimate of drug-likeness (QED) is 0.734. The number of amides is 2. The summed E-state index contributed by atoms with van der Waals surface area (Å²) in [7, 11) is 0. The number of hydrogen-bond donors (Lipinski definition) is 2. The summed E-state index contributed by atoms with van der Waals surface area (Å²) in [6.45, 7) is 7.21. The Morgan fingerprint density at radius 1 is 1.53 bits per heavy atom. The fourth-order valence-electron chi connectivity index (χ4n) is 1.96. The summed E-state index contributed by atoms with van der Waals surface area (Å²) in [5.74, 6) is -0.198. The average Bonchev–Trinajstić information content (AvgIpc) is 2.26. The van der Waals surface area contributed by atoms with Crippen molar-refractivity contribution in [1.29, 1.82) is 0 Å². The maximum atomic E-state index is 12.2. The number of hydrogen-bond acceptors (Lipinski definition) is 4. The van der Waals surface area contributed by atoms with Crippen molar-refractivity contribution in [2.75, 3.05) is 19.6 Å². The highest BCUT2D eigenvalue weighted by Gasteiger charge is 2.36. The van der Waals surface area contributed by atoms with Crippen molar-refractivity contribution in [3.63, 3.8) is 0 Å². The van der Waals surface area contributed by atoms with E-state index in [-0.39, 0.29) is 5.91 Å². The largest absolute Gasteiger partial charge is 0.434 e. The molecule has 98 valence electrons. The van der Waals surface area contributed by atoms with Gasteiger partial charge in [-0.05, 0) is 20.3 Å². The Bertz CT molecular complexity index is 304. The number of rotatable bonds is 3. The van der Waals surface area contributed by atoms with Crippen molar-refractivity contribution in [3.8, 4) is 0 Å². The third kappa shape index (κ3) is 3.59. The van der Waals surface area contributed by atoms with Crippen LogP contribution < -0.4 is 11.1 Å². The van der Waals surface area contributed by atoms with Gasteiger partial charge in [-0.15, -0.1) is 0 Å². The lowest BCUT2D eigenvalue weighted by Gasteiger charge is -2.37. The molecule has 3 N–H and O–H groups in total. The van der Waals surface area contributed by atoms with E-state index >= 15 is 0 Å². The second kappa shape index (κ2) is 5.35. The molecule has 17 heavy (non-hydrogen) atoms. The number of ether oxygens (including phenoxy) is 1. The van der Waals surface area contributed by atoms with Crippen LogP contribution in [0.4, 0.5) is 4.79 Å². The van der Waals surface area contributed by atoms with Crippen LogP contribution in [0.2, 0.25) is 0 Å². The molecule has 1 aliphatic heterocycles. The first-order chi connectivity index (χ1) is 7.86. The molecule has 0 aliphatic carbocycles. The van der Waals surface area contributed by atoms with Crippen LogP contribution in [0.3, 0.4) is 0 Å². The van der Waals surface area contributed by atoms with E-state index in [1.807, 2.05) is 0 Å². The minimum Gasteiger partial charge on any atom is -0.434 e. The van der Waals surface area contributed by atoms with E-state index < -0.39 is 11.7 Å². The lowest BCUT2D eigenvalue weighted by atomic mass is 10.1. The van der Waals surface area contributed by atoms with Crippen LogP contribution in [-0.4, -0.2) is 48.2 Å². The molecule has 6 nitrogen and oxygen atoms in total. The van der Waals surface area contributed by atoms with Crippen LogP contribution in [0.5, 0.6) is 0 Å². The lowest BCUT2D eigenvalue weighted by molar-refractivity contribution is -0.149. The molecule has 1 heterocycles. The molecular weight excluding hydrogens is 222 g/mol. The predicted molar refractivity (Wildman–Crippen MR) is 63.4 cm³/mol. The zero-order chi connectivity index (χ0) is 13.1. The molecular formula is C11H21N3O3. The molecule has 1 aliphatic rings. The van der Waals surface area contributed by atoms with Gasteiger partial charge in [-0.25, -0.2) is 4.79 Å². The maximum absolute atomic E-state index is 12.2.